The first-order valence-electron chi connectivity index (χ1n) is 6.01. The molecule has 0 aliphatic carbocycles. The number of hydrogen-bond donors (Lipinski definition) is 1. The molecule has 2 aromatic heterocycles. The van der Waals surface area contributed by atoms with Gasteiger partial charge in [0.1, 0.15) is 5.69 Å². The molecule has 0 unspecified atom stereocenters. The number of nitrogens with zero attached hydrogens (tertiary/aromatic N) is 4. The zero-order valence-electron chi connectivity index (χ0n) is 10.6. The maximum absolute atomic E-state index is 11.0. The third-order valence-electron chi connectivity index (χ3n) is 2.89. The molecule has 0 atom stereocenters. The normalized spacial score (nSPS) is 10.5. The van der Waals surface area contributed by atoms with E-state index in [1.165, 1.54) is 22.9 Å². The lowest BCUT2D eigenvalue weighted by Crippen LogP contribution is -2.01. The van der Waals surface area contributed by atoms with Gasteiger partial charge in [0.25, 0.3) is 0 Å². The van der Waals surface area contributed by atoms with Crippen LogP contribution in [0.5, 0.6) is 0 Å². The Morgan fingerprint density at radius 1 is 1.29 bits per heavy atom. The molecule has 6 nitrogen and oxygen atoms in total. The molecule has 0 radical (unpaired) electrons. The molecule has 0 saturated carbocycles. The van der Waals surface area contributed by atoms with E-state index in [0.717, 1.165) is 5.56 Å². The first-order valence-corrected chi connectivity index (χ1v) is 6.39. The van der Waals surface area contributed by atoms with Crippen molar-refractivity contribution in [2.45, 2.75) is 0 Å². The molecule has 0 fully saturated rings. The minimum atomic E-state index is -1.03. The first-order chi connectivity index (χ1) is 10.1. The molecule has 1 N–H and O–H groups in total. The molecule has 0 amide bonds. The van der Waals surface area contributed by atoms with E-state index in [9.17, 15) is 4.79 Å². The number of carboxylic acid groups (broad SMARTS) is 1. The summed E-state index contributed by atoms with van der Waals surface area (Å²) in [5.74, 6) is -1.03. The van der Waals surface area contributed by atoms with E-state index in [0.29, 0.717) is 16.4 Å². The number of pyridine rings is 1. The molecule has 0 saturated heterocycles. The monoisotopic (exact) mass is 300 g/mol. The van der Waals surface area contributed by atoms with Crippen LogP contribution in [0.1, 0.15) is 10.4 Å². The first kappa shape index (κ1) is 13.3. The van der Waals surface area contributed by atoms with Gasteiger partial charge in [-0.1, -0.05) is 16.8 Å². The summed E-state index contributed by atoms with van der Waals surface area (Å²) < 4.78 is 1.44. The van der Waals surface area contributed by atoms with Crippen molar-refractivity contribution in [2.24, 2.45) is 0 Å². The summed E-state index contributed by atoms with van der Waals surface area (Å²) in [7, 11) is 0. The summed E-state index contributed by atoms with van der Waals surface area (Å²) in [6.45, 7) is 0. The van der Waals surface area contributed by atoms with Crippen LogP contribution in [0.3, 0.4) is 0 Å². The SMILES string of the molecule is O=C(O)c1ccc(Cl)c(-n2cc(-c3cccnc3)nn2)c1. The van der Waals surface area contributed by atoms with Crippen LogP contribution < -0.4 is 0 Å². The average Bonchev–Trinajstić information content (AvgIpc) is 2.98. The van der Waals surface area contributed by atoms with Gasteiger partial charge in [0.05, 0.1) is 22.5 Å². The van der Waals surface area contributed by atoms with E-state index in [1.54, 1.807) is 24.7 Å². The molecule has 2 heterocycles. The van der Waals surface area contributed by atoms with E-state index in [-0.39, 0.29) is 5.56 Å². The van der Waals surface area contributed by atoms with Crippen LogP contribution in [0.4, 0.5) is 0 Å². The summed E-state index contributed by atoms with van der Waals surface area (Å²) in [6.07, 6.45) is 5.01. The Labute approximate surface area is 124 Å². The van der Waals surface area contributed by atoms with Crippen molar-refractivity contribution in [3.63, 3.8) is 0 Å². The Hall–Kier alpha value is -2.73. The zero-order valence-corrected chi connectivity index (χ0v) is 11.4. The molecular weight excluding hydrogens is 292 g/mol. The molecule has 7 heteroatoms. The maximum Gasteiger partial charge on any atom is 0.335 e. The highest BCUT2D eigenvalue weighted by Gasteiger charge is 2.11. The van der Waals surface area contributed by atoms with Gasteiger partial charge in [-0.15, -0.1) is 5.10 Å². The minimum Gasteiger partial charge on any atom is -0.478 e. The van der Waals surface area contributed by atoms with Gasteiger partial charge in [0.15, 0.2) is 0 Å². The van der Waals surface area contributed by atoms with Gasteiger partial charge in [0, 0.05) is 18.0 Å². The molecule has 104 valence electrons. The Balaban J connectivity index is 2.04. The Bertz CT molecular complexity index is 802. The Kier molecular flexibility index (Phi) is 3.37. The van der Waals surface area contributed by atoms with Crippen molar-refractivity contribution in [3.8, 4) is 16.9 Å². The largest absolute Gasteiger partial charge is 0.478 e. The number of aromatic carboxylic acids is 1. The predicted octanol–water partition coefficient (Wildman–Crippen LogP) is 2.68. The van der Waals surface area contributed by atoms with E-state index in [4.69, 9.17) is 16.7 Å². The van der Waals surface area contributed by atoms with Gasteiger partial charge < -0.3 is 5.11 Å². The van der Waals surface area contributed by atoms with Crippen LogP contribution >= 0.6 is 11.6 Å². The molecule has 0 spiro atoms. The number of carbonyl (C=O) groups is 1. The van der Waals surface area contributed by atoms with E-state index in [2.05, 4.69) is 15.3 Å². The lowest BCUT2D eigenvalue weighted by Gasteiger charge is -2.04. The van der Waals surface area contributed by atoms with Crippen molar-refractivity contribution < 1.29 is 9.90 Å². The van der Waals surface area contributed by atoms with Crippen LogP contribution in [-0.2, 0) is 0 Å². The van der Waals surface area contributed by atoms with Crippen molar-refractivity contribution in [1.82, 2.24) is 20.0 Å². The van der Waals surface area contributed by atoms with Gasteiger partial charge in [-0.05, 0) is 30.3 Å². The quantitative estimate of drug-likeness (QED) is 0.804. The van der Waals surface area contributed by atoms with E-state index in [1.807, 2.05) is 6.07 Å². The van der Waals surface area contributed by atoms with Crippen molar-refractivity contribution in [1.29, 1.82) is 0 Å². The highest BCUT2D eigenvalue weighted by molar-refractivity contribution is 6.32. The third kappa shape index (κ3) is 2.61. The summed E-state index contributed by atoms with van der Waals surface area (Å²) >= 11 is 6.10. The van der Waals surface area contributed by atoms with Gasteiger partial charge in [-0.2, -0.15) is 0 Å². The summed E-state index contributed by atoms with van der Waals surface area (Å²) in [6, 6.07) is 8.06. The van der Waals surface area contributed by atoms with Crippen molar-refractivity contribution in [2.75, 3.05) is 0 Å². The highest BCUT2D eigenvalue weighted by atomic mass is 35.5. The summed E-state index contributed by atoms with van der Waals surface area (Å²) in [4.78, 5) is 15.0. The summed E-state index contributed by atoms with van der Waals surface area (Å²) in [5, 5.41) is 17.5. The molecular formula is C14H9ClN4O2. The van der Waals surface area contributed by atoms with Crippen LogP contribution in [0, 0.1) is 0 Å². The molecule has 1 aromatic carbocycles. The third-order valence-corrected chi connectivity index (χ3v) is 3.21. The zero-order chi connectivity index (χ0) is 14.8. The topological polar surface area (TPSA) is 80.9 Å². The van der Waals surface area contributed by atoms with Crippen LogP contribution in [0.25, 0.3) is 16.9 Å². The number of aromatic nitrogens is 4. The fourth-order valence-corrected chi connectivity index (χ4v) is 2.05. The van der Waals surface area contributed by atoms with E-state index < -0.39 is 5.97 Å². The lowest BCUT2D eigenvalue weighted by atomic mass is 10.2. The van der Waals surface area contributed by atoms with Crippen molar-refractivity contribution in [3.05, 3.63) is 59.5 Å². The number of benzene rings is 1. The molecule has 3 rings (SSSR count). The fraction of sp³-hybridized carbons (Fsp3) is 0. The number of hydrogen-bond acceptors (Lipinski definition) is 4. The second-order valence-electron chi connectivity index (χ2n) is 4.26. The predicted molar refractivity (Wildman–Crippen MR) is 76.6 cm³/mol. The molecule has 0 bridgehead atoms. The summed E-state index contributed by atoms with van der Waals surface area (Å²) in [5.41, 5.74) is 2.03. The van der Waals surface area contributed by atoms with Crippen LogP contribution in [0.2, 0.25) is 5.02 Å². The van der Waals surface area contributed by atoms with E-state index >= 15 is 0 Å². The Morgan fingerprint density at radius 3 is 2.86 bits per heavy atom. The highest BCUT2D eigenvalue weighted by Crippen LogP contribution is 2.23. The van der Waals surface area contributed by atoms with Gasteiger partial charge in [0.2, 0.25) is 0 Å². The van der Waals surface area contributed by atoms with Gasteiger partial charge >= 0.3 is 5.97 Å². The minimum absolute atomic E-state index is 0.132. The number of carboxylic acids is 1. The molecule has 0 aliphatic heterocycles. The number of rotatable bonds is 3. The van der Waals surface area contributed by atoms with Crippen LogP contribution in [-0.4, -0.2) is 31.1 Å². The molecule has 0 aliphatic rings. The second kappa shape index (κ2) is 5.34. The maximum atomic E-state index is 11.0. The lowest BCUT2D eigenvalue weighted by molar-refractivity contribution is 0.0697. The van der Waals surface area contributed by atoms with Crippen molar-refractivity contribution >= 4 is 17.6 Å². The second-order valence-corrected chi connectivity index (χ2v) is 4.67. The smallest absolute Gasteiger partial charge is 0.335 e. The Morgan fingerprint density at radius 2 is 2.14 bits per heavy atom. The molecule has 3 aromatic rings. The standard InChI is InChI=1S/C14H9ClN4O2/c15-11-4-3-9(14(20)21)6-13(11)19-8-12(17-18-19)10-2-1-5-16-7-10/h1-8H,(H,20,21). The fourth-order valence-electron chi connectivity index (χ4n) is 1.85. The molecule has 21 heavy (non-hydrogen) atoms. The van der Waals surface area contributed by atoms with Gasteiger partial charge in [-0.25, -0.2) is 9.48 Å². The number of halogens is 1. The average molecular weight is 301 g/mol. The van der Waals surface area contributed by atoms with Crippen LogP contribution in [0.15, 0.2) is 48.9 Å². The van der Waals surface area contributed by atoms with Gasteiger partial charge in [-0.3, -0.25) is 4.98 Å².